The summed E-state index contributed by atoms with van der Waals surface area (Å²) < 4.78 is 9.01. The Kier molecular flexibility index (Phi) is 5.55. The number of hydrogen-bond donors (Lipinski definition) is 1. The van der Waals surface area contributed by atoms with E-state index < -0.39 is 0 Å². The molecule has 0 spiro atoms. The van der Waals surface area contributed by atoms with Crippen molar-refractivity contribution in [1.29, 1.82) is 0 Å². The molecule has 0 aliphatic carbocycles. The molecule has 9 nitrogen and oxygen atoms in total. The van der Waals surface area contributed by atoms with E-state index in [1.165, 1.54) is 0 Å². The first-order valence-electron chi connectivity index (χ1n) is 11.1. The van der Waals surface area contributed by atoms with Crippen LogP contribution in [0, 0.1) is 6.92 Å². The van der Waals surface area contributed by atoms with E-state index in [4.69, 9.17) is 9.72 Å². The first kappa shape index (κ1) is 21.1. The van der Waals surface area contributed by atoms with Crippen LogP contribution in [0.25, 0.3) is 16.6 Å². The molecular formula is C24H27N7O2. The van der Waals surface area contributed by atoms with E-state index in [1.807, 2.05) is 41.8 Å². The van der Waals surface area contributed by atoms with Gasteiger partial charge in [-0.2, -0.15) is 0 Å². The van der Waals surface area contributed by atoms with Gasteiger partial charge in [0.1, 0.15) is 12.7 Å². The summed E-state index contributed by atoms with van der Waals surface area (Å²) in [4.78, 5) is 20.4. The van der Waals surface area contributed by atoms with Gasteiger partial charge in [0.05, 0.1) is 41.5 Å². The van der Waals surface area contributed by atoms with Crippen molar-refractivity contribution in [2.24, 2.45) is 7.05 Å². The number of benzene rings is 2. The van der Waals surface area contributed by atoms with E-state index in [1.54, 1.807) is 24.3 Å². The van der Waals surface area contributed by atoms with Gasteiger partial charge in [0.15, 0.2) is 0 Å². The zero-order valence-electron chi connectivity index (χ0n) is 19.0. The maximum absolute atomic E-state index is 13.3. The van der Waals surface area contributed by atoms with Crippen molar-refractivity contribution < 1.29 is 4.74 Å². The molecular weight excluding hydrogens is 418 g/mol. The first-order chi connectivity index (χ1) is 16.0. The molecule has 33 heavy (non-hydrogen) atoms. The molecule has 1 fully saturated rings. The highest BCUT2D eigenvalue weighted by molar-refractivity contribution is 5.84. The zero-order chi connectivity index (χ0) is 22.9. The van der Waals surface area contributed by atoms with Crippen molar-refractivity contribution in [2.45, 2.75) is 19.9 Å². The van der Waals surface area contributed by atoms with Crippen LogP contribution in [0.15, 0.2) is 53.8 Å². The first-order valence-corrected chi connectivity index (χ1v) is 11.1. The van der Waals surface area contributed by atoms with Crippen LogP contribution in [-0.4, -0.2) is 50.6 Å². The number of nitrogens with zero attached hydrogens (tertiary/aromatic N) is 6. The smallest absolute Gasteiger partial charge is 0.262 e. The predicted octanol–water partition coefficient (Wildman–Crippen LogP) is 2.83. The average Bonchev–Trinajstić information content (AvgIpc) is 3.37. The van der Waals surface area contributed by atoms with Gasteiger partial charge in [-0.15, -0.1) is 10.2 Å². The van der Waals surface area contributed by atoms with Crippen molar-refractivity contribution in [3.8, 4) is 5.69 Å². The van der Waals surface area contributed by atoms with Crippen LogP contribution >= 0.6 is 0 Å². The lowest BCUT2D eigenvalue weighted by molar-refractivity contribution is 0.121. The molecule has 0 radical (unpaired) electrons. The summed E-state index contributed by atoms with van der Waals surface area (Å²) in [5.41, 5.74) is 4.59. The van der Waals surface area contributed by atoms with Gasteiger partial charge in [0.2, 0.25) is 5.95 Å². The van der Waals surface area contributed by atoms with Crippen molar-refractivity contribution in [3.05, 3.63) is 70.5 Å². The molecule has 2 aromatic carbocycles. The van der Waals surface area contributed by atoms with Crippen LogP contribution in [0.3, 0.4) is 0 Å². The predicted molar refractivity (Wildman–Crippen MR) is 128 cm³/mol. The molecule has 1 aliphatic rings. The van der Waals surface area contributed by atoms with E-state index in [2.05, 4.69) is 33.4 Å². The molecule has 9 heteroatoms. The number of ether oxygens (including phenoxy) is 1. The summed E-state index contributed by atoms with van der Waals surface area (Å²) in [5.74, 6) is 0.679. The van der Waals surface area contributed by atoms with Crippen LogP contribution in [0.1, 0.15) is 24.1 Å². The van der Waals surface area contributed by atoms with Gasteiger partial charge >= 0.3 is 0 Å². The van der Waals surface area contributed by atoms with Crippen molar-refractivity contribution in [1.82, 2.24) is 24.3 Å². The number of nitrogens with one attached hydrogen (secondary N) is 1. The fourth-order valence-electron chi connectivity index (χ4n) is 4.37. The molecule has 170 valence electrons. The summed E-state index contributed by atoms with van der Waals surface area (Å²) >= 11 is 0. The molecule has 5 rings (SSSR count). The molecule has 3 heterocycles. The second kappa shape index (κ2) is 8.67. The maximum Gasteiger partial charge on any atom is 0.262 e. The summed E-state index contributed by atoms with van der Waals surface area (Å²) in [6, 6.07) is 11.9. The Bertz CT molecular complexity index is 1340. The maximum atomic E-state index is 13.3. The lowest BCUT2D eigenvalue weighted by Gasteiger charge is -2.29. The van der Waals surface area contributed by atoms with Crippen LogP contribution in [0.4, 0.5) is 11.6 Å². The largest absolute Gasteiger partial charge is 0.378 e. The molecule has 0 amide bonds. The quantitative estimate of drug-likeness (QED) is 0.505. The highest BCUT2D eigenvalue weighted by atomic mass is 16.5. The second-order valence-electron chi connectivity index (χ2n) is 8.38. The third-order valence-corrected chi connectivity index (χ3v) is 6.06. The Morgan fingerprint density at radius 1 is 1.09 bits per heavy atom. The van der Waals surface area contributed by atoms with E-state index >= 15 is 0 Å². The Morgan fingerprint density at radius 3 is 2.58 bits per heavy atom. The Hall–Kier alpha value is -3.72. The Labute approximate surface area is 191 Å². The summed E-state index contributed by atoms with van der Waals surface area (Å²) in [7, 11) is 1.79. The van der Waals surface area contributed by atoms with Gasteiger partial charge in [-0.1, -0.05) is 18.2 Å². The third-order valence-electron chi connectivity index (χ3n) is 6.06. The molecule has 1 atom stereocenters. The Morgan fingerprint density at radius 2 is 1.82 bits per heavy atom. The van der Waals surface area contributed by atoms with Gasteiger partial charge in [-0.05, 0) is 37.6 Å². The van der Waals surface area contributed by atoms with Crippen molar-refractivity contribution in [2.75, 3.05) is 36.5 Å². The molecule has 0 unspecified atom stereocenters. The minimum Gasteiger partial charge on any atom is -0.378 e. The number of rotatable bonds is 5. The lowest BCUT2D eigenvalue weighted by atomic mass is 10.0. The number of aryl methyl sites for hydroxylation is 1. The molecule has 1 N–H and O–H groups in total. The molecule has 0 bridgehead atoms. The van der Waals surface area contributed by atoms with Gasteiger partial charge < -0.3 is 15.0 Å². The monoisotopic (exact) mass is 445 g/mol. The van der Waals surface area contributed by atoms with Crippen LogP contribution in [-0.2, 0) is 11.8 Å². The summed E-state index contributed by atoms with van der Waals surface area (Å²) in [6.07, 6.45) is 3.35. The van der Waals surface area contributed by atoms with E-state index in [0.717, 1.165) is 28.0 Å². The number of aromatic nitrogens is 5. The van der Waals surface area contributed by atoms with Crippen LogP contribution < -0.4 is 15.8 Å². The summed E-state index contributed by atoms with van der Waals surface area (Å²) in [6.45, 7) is 6.79. The standard InChI is InChI=1S/C24H27N7O2/c1-16-12-18(17(2)27-20-6-4-5-7-21(20)31-14-25-26-15-31)22-19(13-16)23(32)29(3)24(28-22)30-8-10-33-11-9-30/h4-7,12-15,17,27H,8-11H2,1-3H3/t17-/m1/s1. The van der Waals surface area contributed by atoms with Gasteiger partial charge in [0, 0.05) is 25.7 Å². The zero-order valence-corrected chi connectivity index (χ0v) is 19.0. The fourth-order valence-corrected chi connectivity index (χ4v) is 4.37. The van der Waals surface area contributed by atoms with Gasteiger partial charge in [-0.3, -0.25) is 13.9 Å². The topological polar surface area (TPSA) is 90.1 Å². The second-order valence-corrected chi connectivity index (χ2v) is 8.38. The van der Waals surface area contributed by atoms with E-state index in [9.17, 15) is 4.79 Å². The SMILES string of the molecule is Cc1cc([C@@H](C)Nc2ccccc2-n2cnnc2)c2nc(N3CCOCC3)n(C)c(=O)c2c1. The molecule has 1 saturated heterocycles. The fraction of sp³-hybridized carbons (Fsp3) is 0.333. The highest BCUT2D eigenvalue weighted by Crippen LogP contribution is 2.29. The minimum absolute atomic E-state index is 0.0384. The van der Waals surface area contributed by atoms with Crippen molar-refractivity contribution >= 4 is 22.5 Å². The van der Waals surface area contributed by atoms with Crippen LogP contribution in [0.5, 0.6) is 0 Å². The number of morpholine rings is 1. The molecule has 0 saturated carbocycles. The van der Waals surface area contributed by atoms with E-state index in [0.29, 0.717) is 37.6 Å². The normalized spacial score (nSPS) is 15.1. The highest BCUT2D eigenvalue weighted by Gasteiger charge is 2.21. The average molecular weight is 446 g/mol. The Balaban J connectivity index is 1.59. The number of hydrogen-bond acceptors (Lipinski definition) is 7. The lowest BCUT2D eigenvalue weighted by Crippen LogP contribution is -2.40. The number of para-hydroxylation sites is 2. The van der Waals surface area contributed by atoms with Gasteiger partial charge in [0.25, 0.3) is 5.56 Å². The number of fused-ring (bicyclic) bond motifs is 1. The molecule has 1 aliphatic heterocycles. The van der Waals surface area contributed by atoms with Gasteiger partial charge in [-0.25, -0.2) is 4.98 Å². The molecule has 2 aromatic heterocycles. The van der Waals surface area contributed by atoms with Crippen LogP contribution in [0.2, 0.25) is 0 Å². The third kappa shape index (κ3) is 3.95. The molecule has 4 aromatic rings. The minimum atomic E-state index is -0.0952. The number of anilines is 2. The summed E-state index contributed by atoms with van der Waals surface area (Å²) in [5, 5.41) is 12.1. The van der Waals surface area contributed by atoms with E-state index in [-0.39, 0.29) is 11.6 Å². The van der Waals surface area contributed by atoms with Crippen molar-refractivity contribution in [3.63, 3.8) is 0 Å².